The van der Waals surface area contributed by atoms with Gasteiger partial charge in [0.1, 0.15) is 5.75 Å². The number of hydrogen-bond acceptors (Lipinski definition) is 5. The largest absolute Gasteiger partial charge is 0.497 e. The molecule has 0 radical (unpaired) electrons. The second-order valence-electron chi connectivity index (χ2n) is 8.98. The van der Waals surface area contributed by atoms with Crippen LogP contribution in [0.1, 0.15) is 36.1 Å². The van der Waals surface area contributed by atoms with Crippen LogP contribution in [0.25, 0.3) is 10.8 Å². The molecule has 1 atom stereocenters. The van der Waals surface area contributed by atoms with Crippen molar-refractivity contribution in [2.24, 2.45) is 0 Å². The van der Waals surface area contributed by atoms with Crippen LogP contribution in [0.3, 0.4) is 0 Å². The summed E-state index contributed by atoms with van der Waals surface area (Å²) in [5.41, 5.74) is 4.08. The van der Waals surface area contributed by atoms with E-state index in [2.05, 4.69) is 66.2 Å². The first-order chi connectivity index (χ1) is 16.0. The average molecular weight is 449 g/mol. The molecule has 0 N–H and O–H groups in total. The minimum atomic E-state index is 0.371. The first-order valence-corrected chi connectivity index (χ1v) is 11.8. The standard InChI is InChI=1S/C28H36N2O3/c1-20(21-7-8-23-16-26(31-3)10-9-22(23)15-21)29(2)12-6-13-30-14-11-24-17-27(32-4)28(33-5)18-25(24)19-30/h7-10,15-18,20H,6,11-14,19H2,1-5H3. The van der Waals surface area contributed by atoms with E-state index in [1.807, 2.05) is 6.07 Å². The lowest BCUT2D eigenvalue weighted by molar-refractivity contribution is 0.210. The Morgan fingerprint density at radius 1 is 0.879 bits per heavy atom. The molecule has 176 valence electrons. The SMILES string of the molecule is COc1ccc2cc(C(C)N(C)CCCN3CCc4cc(OC)c(OC)cc4C3)ccc2c1. The van der Waals surface area contributed by atoms with Crippen LogP contribution in [0.5, 0.6) is 17.2 Å². The fraction of sp³-hybridized carbons (Fsp3) is 0.429. The molecule has 1 aliphatic heterocycles. The summed E-state index contributed by atoms with van der Waals surface area (Å²) in [5.74, 6) is 2.55. The lowest BCUT2D eigenvalue weighted by Crippen LogP contribution is -2.33. The summed E-state index contributed by atoms with van der Waals surface area (Å²) in [5, 5.41) is 2.47. The Morgan fingerprint density at radius 3 is 2.30 bits per heavy atom. The smallest absolute Gasteiger partial charge is 0.161 e. The first-order valence-electron chi connectivity index (χ1n) is 11.8. The molecule has 3 aromatic carbocycles. The van der Waals surface area contributed by atoms with Gasteiger partial charge in [-0.3, -0.25) is 9.80 Å². The zero-order valence-electron chi connectivity index (χ0n) is 20.6. The molecular weight excluding hydrogens is 412 g/mol. The summed E-state index contributed by atoms with van der Waals surface area (Å²) in [7, 11) is 7.34. The molecular formula is C28H36N2O3. The topological polar surface area (TPSA) is 34.2 Å². The van der Waals surface area contributed by atoms with Gasteiger partial charge in [-0.15, -0.1) is 0 Å². The quantitative estimate of drug-likeness (QED) is 0.443. The van der Waals surface area contributed by atoms with Crippen molar-refractivity contribution < 1.29 is 14.2 Å². The minimum Gasteiger partial charge on any atom is -0.497 e. The summed E-state index contributed by atoms with van der Waals surface area (Å²) >= 11 is 0. The van der Waals surface area contributed by atoms with E-state index in [0.29, 0.717) is 6.04 Å². The van der Waals surface area contributed by atoms with E-state index >= 15 is 0 Å². The molecule has 5 heteroatoms. The number of benzene rings is 3. The third-order valence-electron chi connectivity index (χ3n) is 7.00. The maximum Gasteiger partial charge on any atom is 0.161 e. The van der Waals surface area contributed by atoms with Crippen LogP contribution in [0.2, 0.25) is 0 Å². The summed E-state index contributed by atoms with van der Waals surface area (Å²) in [4.78, 5) is 5.01. The van der Waals surface area contributed by atoms with Crippen molar-refractivity contribution in [3.8, 4) is 17.2 Å². The third-order valence-corrected chi connectivity index (χ3v) is 7.00. The van der Waals surface area contributed by atoms with Crippen LogP contribution < -0.4 is 14.2 Å². The number of nitrogens with zero attached hydrogens (tertiary/aromatic N) is 2. The highest BCUT2D eigenvalue weighted by Gasteiger charge is 2.20. The Balaban J connectivity index is 1.32. The molecule has 1 heterocycles. The van der Waals surface area contributed by atoms with Crippen molar-refractivity contribution in [2.75, 3.05) is 48.0 Å². The van der Waals surface area contributed by atoms with Crippen molar-refractivity contribution in [3.63, 3.8) is 0 Å². The van der Waals surface area contributed by atoms with E-state index in [4.69, 9.17) is 14.2 Å². The Hall–Kier alpha value is -2.76. The van der Waals surface area contributed by atoms with Gasteiger partial charge in [0, 0.05) is 19.1 Å². The highest BCUT2D eigenvalue weighted by molar-refractivity contribution is 5.84. The Labute approximate surface area is 197 Å². The lowest BCUT2D eigenvalue weighted by Gasteiger charge is -2.31. The van der Waals surface area contributed by atoms with Crippen molar-refractivity contribution in [1.82, 2.24) is 9.80 Å². The van der Waals surface area contributed by atoms with Gasteiger partial charge in [-0.25, -0.2) is 0 Å². The van der Waals surface area contributed by atoms with Crippen molar-refractivity contribution in [3.05, 3.63) is 65.2 Å². The van der Waals surface area contributed by atoms with Gasteiger partial charge in [0.15, 0.2) is 11.5 Å². The van der Waals surface area contributed by atoms with Crippen molar-refractivity contribution in [2.45, 2.75) is 32.4 Å². The molecule has 0 amide bonds. The van der Waals surface area contributed by atoms with E-state index in [0.717, 1.165) is 56.3 Å². The van der Waals surface area contributed by atoms with E-state index in [9.17, 15) is 0 Å². The molecule has 0 fully saturated rings. The van der Waals surface area contributed by atoms with Crippen LogP contribution in [-0.2, 0) is 13.0 Å². The zero-order chi connectivity index (χ0) is 23.4. The first kappa shape index (κ1) is 23.4. The molecule has 1 unspecified atom stereocenters. The molecule has 33 heavy (non-hydrogen) atoms. The second kappa shape index (κ2) is 10.4. The minimum absolute atomic E-state index is 0.371. The number of hydrogen-bond donors (Lipinski definition) is 0. The third kappa shape index (κ3) is 5.26. The number of fused-ring (bicyclic) bond motifs is 2. The second-order valence-corrected chi connectivity index (χ2v) is 8.98. The van der Waals surface area contributed by atoms with Gasteiger partial charge in [0.2, 0.25) is 0 Å². The summed E-state index contributed by atoms with van der Waals surface area (Å²) in [6, 6.07) is 17.7. The van der Waals surface area contributed by atoms with Gasteiger partial charge in [0.05, 0.1) is 21.3 Å². The van der Waals surface area contributed by atoms with Crippen LogP contribution in [0.15, 0.2) is 48.5 Å². The van der Waals surface area contributed by atoms with Crippen molar-refractivity contribution >= 4 is 10.8 Å². The fourth-order valence-electron chi connectivity index (χ4n) is 4.75. The van der Waals surface area contributed by atoms with Gasteiger partial charge < -0.3 is 14.2 Å². The maximum absolute atomic E-state index is 5.50. The van der Waals surface area contributed by atoms with Gasteiger partial charge in [0.25, 0.3) is 0 Å². The van der Waals surface area contributed by atoms with Gasteiger partial charge in [-0.05, 0) is 97.7 Å². The Morgan fingerprint density at radius 2 is 1.58 bits per heavy atom. The molecule has 5 nitrogen and oxygen atoms in total. The van der Waals surface area contributed by atoms with Gasteiger partial charge in [-0.2, -0.15) is 0 Å². The average Bonchev–Trinajstić information content (AvgIpc) is 2.86. The summed E-state index contributed by atoms with van der Waals surface area (Å²) in [6.07, 6.45) is 2.21. The number of methoxy groups -OCH3 is 3. The Bertz CT molecular complexity index is 1100. The van der Waals surface area contributed by atoms with Crippen molar-refractivity contribution in [1.29, 1.82) is 0 Å². The van der Waals surface area contributed by atoms with Crippen LogP contribution in [0.4, 0.5) is 0 Å². The van der Waals surface area contributed by atoms with E-state index < -0.39 is 0 Å². The van der Waals surface area contributed by atoms with Gasteiger partial charge in [-0.1, -0.05) is 18.2 Å². The van der Waals surface area contributed by atoms with Crippen LogP contribution in [0, 0.1) is 0 Å². The molecule has 0 aromatic heterocycles. The van der Waals surface area contributed by atoms with Gasteiger partial charge >= 0.3 is 0 Å². The molecule has 0 saturated heterocycles. The van der Waals surface area contributed by atoms with Crippen LogP contribution >= 0.6 is 0 Å². The normalized spacial score (nSPS) is 14.8. The summed E-state index contributed by atoms with van der Waals surface area (Å²) < 4.78 is 16.3. The lowest BCUT2D eigenvalue weighted by atomic mass is 9.98. The number of rotatable bonds is 9. The molecule has 0 saturated carbocycles. The highest BCUT2D eigenvalue weighted by Crippen LogP contribution is 2.33. The summed E-state index contributed by atoms with van der Waals surface area (Å²) in [6.45, 7) is 6.53. The molecule has 4 rings (SSSR count). The van der Waals surface area contributed by atoms with E-state index in [-0.39, 0.29) is 0 Å². The fourth-order valence-corrected chi connectivity index (χ4v) is 4.75. The highest BCUT2D eigenvalue weighted by atomic mass is 16.5. The molecule has 1 aliphatic rings. The van der Waals surface area contributed by atoms with E-state index in [1.54, 1.807) is 21.3 Å². The molecule has 0 spiro atoms. The predicted octanol–water partition coefficient (Wildman–Crippen LogP) is 5.31. The monoisotopic (exact) mass is 448 g/mol. The molecule has 3 aromatic rings. The number of ether oxygens (including phenoxy) is 3. The predicted molar refractivity (Wildman–Crippen MR) is 135 cm³/mol. The molecule has 0 aliphatic carbocycles. The molecule has 0 bridgehead atoms. The zero-order valence-corrected chi connectivity index (χ0v) is 20.6. The van der Waals surface area contributed by atoms with Crippen LogP contribution in [-0.4, -0.2) is 57.8 Å². The Kier molecular flexibility index (Phi) is 7.41. The van der Waals surface area contributed by atoms with E-state index in [1.165, 1.54) is 27.5 Å². The maximum atomic E-state index is 5.50.